The van der Waals surface area contributed by atoms with Crippen LogP contribution in [0.2, 0.25) is 0 Å². The third kappa shape index (κ3) is 5.12. The van der Waals surface area contributed by atoms with Gasteiger partial charge in [0.1, 0.15) is 12.4 Å². The van der Waals surface area contributed by atoms with Gasteiger partial charge < -0.3 is 30.8 Å². The van der Waals surface area contributed by atoms with E-state index in [-0.39, 0.29) is 30.4 Å². The number of halogens is 1. The van der Waals surface area contributed by atoms with Crippen molar-refractivity contribution in [3.8, 4) is 11.1 Å². The first-order valence-electron chi connectivity index (χ1n) is 13.0. The lowest BCUT2D eigenvalue weighted by Gasteiger charge is -2.32. The Labute approximate surface area is 228 Å². The van der Waals surface area contributed by atoms with Gasteiger partial charge in [0, 0.05) is 18.0 Å². The molecule has 0 radical (unpaired) electrons. The zero-order valence-corrected chi connectivity index (χ0v) is 22.6. The molecule has 1 saturated heterocycles. The molecule has 0 bridgehead atoms. The molecule has 0 aromatic heterocycles. The fraction of sp³-hybridized carbons (Fsp3) is 0.300. The summed E-state index contributed by atoms with van der Waals surface area (Å²) in [5.74, 6) is -0.581. The highest BCUT2D eigenvalue weighted by atomic mass is 19.1. The van der Waals surface area contributed by atoms with E-state index in [2.05, 4.69) is 29.6 Å². The van der Waals surface area contributed by atoms with Gasteiger partial charge in [-0.2, -0.15) is 0 Å². The Bertz CT molecular complexity index is 1390. The van der Waals surface area contributed by atoms with Gasteiger partial charge in [0.25, 0.3) is 0 Å². The summed E-state index contributed by atoms with van der Waals surface area (Å²) in [6.07, 6.45) is 1.05. The Morgan fingerprint density at radius 1 is 1.00 bits per heavy atom. The molecule has 9 heteroatoms. The van der Waals surface area contributed by atoms with Gasteiger partial charge in [0.2, 0.25) is 0 Å². The Morgan fingerprint density at radius 3 is 2.15 bits per heavy atom. The highest BCUT2D eigenvalue weighted by molar-refractivity contribution is 6.56. The van der Waals surface area contributed by atoms with E-state index >= 15 is 0 Å². The second kappa shape index (κ2) is 10.1. The number of hydrogen-bond donors (Lipinski definition) is 3. The molecule has 0 atom stereocenters. The van der Waals surface area contributed by atoms with Gasteiger partial charge in [-0.15, -0.1) is 0 Å². The fourth-order valence-electron chi connectivity index (χ4n) is 5.00. The number of nitrogen functional groups attached to an aromatic ring is 2. The predicted octanol–water partition coefficient (Wildman–Crippen LogP) is 5.54. The van der Waals surface area contributed by atoms with Gasteiger partial charge in [0.05, 0.1) is 22.6 Å². The maximum absolute atomic E-state index is 14.1. The van der Waals surface area contributed by atoms with Crippen LogP contribution < -0.4 is 16.8 Å². The third-order valence-electron chi connectivity index (χ3n) is 7.89. The summed E-state index contributed by atoms with van der Waals surface area (Å²) in [5.41, 5.74) is 16.6. The molecular formula is C30H33BFN3O4. The second-order valence-electron chi connectivity index (χ2n) is 11.0. The molecule has 202 valence electrons. The van der Waals surface area contributed by atoms with E-state index in [1.54, 1.807) is 6.08 Å². The number of ether oxygens (including phenoxy) is 1. The van der Waals surface area contributed by atoms with Crippen LogP contribution in [0.5, 0.6) is 0 Å². The number of rotatable bonds is 6. The van der Waals surface area contributed by atoms with E-state index in [1.165, 1.54) is 6.07 Å². The van der Waals surface area contributed by atoms with E-state index in [1.807, 2.05) is 52.0 Å². The number of alkyl carbamates (subject to hydrolysis) is 1. The van der Waals surface area contributed by atoms with Gasteiger partial charge in [-0.1, -0.05) is 54.6 Å². The van der Waals surface area contributed by atoms with Crippen molar-refractivity contribution in [2.24, 2.45) is 0 Å². The van der Waals surface area contributed by atoms with E-state index in [0.717, 1.165) is 28.3 Å². The van der Waals surface area contributed by atoms with E-state index < -0.39 is 30.2 Å². The van der Waals surface area contributed by atoms with Crippen LogP contribution in [0, 0.1) is 5.82 Å². The molecule has 0 unspecified atom stereocenters. The Balaban J connectivity index is 1.33. The highest BCUT2D eigenvalue weighted by Gasteiger charge is 2.52. The molecule has 39 heavy (non-hydrogen) atoms. The van der Waals surface area contributed by atoms with E-state index in [4.69, 9.17) is 25.5 Å². The molecule has 0 saturated carbocycles. The van der Waals surface area contributed by atoms with E-state index in [0.29, 0.717) is 11.0 Å². The zero-order valence-electron chi connectivity index (χ0n) is 22.6. The maximum Gasteiger partial charge on any atom is 0.492 e. The van der Waals surface area contributed by atoms with Gasteiger partial charge in [-0.3, -0.25) is 0 Å². The van der Waals surface area contributed by atoms with Crippen molar-refractivity contribution in [3.63, 3.8) is 0 Å². The van der Waals surface area contributed by atoms with E-state index in [9.17, 15) is 9.18 Å². The largest absolute Gasteiger partial charge is 0.492 e. The van der Waals surface area contributed by atoms with Gasteiger partial charge in [0.15, 0.2) is 0 Å². The molecule has 1 amide bonds. The van der Waals surface area contributed by atoms with Crippen molar-refractivity contribution < 1.29 is 23.2 Å². The Morgan fingerprint density at radius 2 is 1.56 bits per heavy atom. The molecule has 5 rings (SSSR count). The van der Waals surface area contributed by atoms with Gasteiger partial charge in [-0.05, 0) is 67.6 Å². The first kappa shape index (κ1) is 26.8. The average Bonchev–Trinajstić information content (AvgIpc) is 3.32. The summed E-state index contributed by atoms with van der Waals surface area (Å²) >= 11 is 0. The standard InChI is InChI=1S/C30H33BFN3O4/c1-29(2)30(3,4)39-31(38-29)19(13-18-14-20(32)15-26(33)27(18)34)16-35-28(36)37-17-25-23-11-7-5-9-21(23)22-10-6-8-12-24(22)25/h5-15,25H,16-17,33-34H2,1-4H3,(H,35,36). The highest BCUT2D eigenvalue weighted by Crippen LogP contribution is 2.44. The molecule has 3 aromatic rings. The van der Waals surface area contributed by atoms with Crippen molar-refractivity contribution in [1.29, 1.82) is 0 Å². The molecule has 1 aliphatic carbocycles. The van der Waals surface area contributed by atoms with Crippen molar-refractivity contribution in [1.82, 2.24) is 5.32 Å². The number of hydrogen-bond acceptors (Lipinski definition) is 6. The molecule has 1 fully saturated rings. The SMILES string of the molecule is CC1(C)OB(C(=Cc2cc(F)cc(N)c2N)CNC(=O)OCC2c3ccccc3-c3ccccc32)OC1(C)C. The molecule has 7 nitrogen and oxygen atoms in total. The summed E-state index contributed by atoms with van der Waals surface area (Å²) in [4.78, 5) is 12.9. The van der Waals surface area contributed by atoms with Crippen molar-refractivity contribution >= 4 is 30.7 Å². The van der Waals surface area contributed by atoms with Crippen LogP contribution in [0.15, 0.2) is 66.1 Å². The quantitative estimate of drug-likeness (QED) is 0.286. The first-order chi connectivity index (χ1) is 18.5. The lowest BCUT2D eigenvalue weighted by Crippen LogP contribution is -2.41. The summed E-state index contributed by atoms with van der Waals surface area (Å²) in [6, 6.07) is 18.7. The normalized spacial score (nSPS) is 17.6. The minimum atomic E-state index is -0.798. The smallest absolute Gasteiger partial charge is 0.449 e. The molecule has 0 spiro atoms. The van der Waals surface area contributed by atoms with Crippen LogP contribution in [0.1, 0.15) is 50.3 Å². The average molecular weight is 529 g/mol. The maximum atomic E-state index is 14.1. The molecule has 2 aliphatic rings. The Hall–Kier alpha value is -3.82. The summed E-state index contributed by atoms with van der Waals surface area (Å²) in [7, 11) is -0.798. The van der Waals surface area contributed by atoms with Crippen LogP contribution in [-0.2, 0) is 14.0 Å². The fourth-order valence-corrected chi connectivity index (χ4v) is 5.00. The van der Waals surface area contributed by atoms with Gasteiger partial charge >= 0.3 is 13.2 Å². The minimum absolute atomic E-state index is 0.0311. The monoisotopic (exact) mass is 529 g/mol. The van der Waals surface area contributed by atoms with Crippen molar-refractivity contribution in [2.45, 2.75) is 44.8 Å². The number of nitrogens with one attached hydrogen (secondary N) is 1. The molecule has 3 aromatic carbocycles. The number of carbonyl (C=O) groups excluding carboxylic acids is 1. The lowest BCUT2D eigenvalue weighted by atomic mass is 9.76. The lowest BCUT2D eigenvalue weighted by molar-refractivity contribution is 0.00578. The molecule has 1 aliphatic heterocycles. The number of carbonyl (C=O) groups is 1. The van der Waals surface area contributed by atoms with Crippen LogP contribution in [-0.4, -0.2) is 37.6 Å². The minimum Gasteiger partial charge on any atom is -0.449 e. The molecule has 5 N–H and O–H groups in total. The van der Waals surface area contributed by atoms with Crippen LogP contribution >= 0.6 is 0 Å². The Kier molecular flexibility index (Phi) is 6.90. The molecular weight excluding hydrogens is 496 g/mol. The van der Waals surface area contributed by atoms with Crippen LogP contribution in [0.4, 0.5) is 20.6 Å². The molecule has 1 heterocycles. The van der Waals surface area contributed by atoms with Crippen LogP contribution in [0.25, 0.3) is 17.2 Å². The topological polar surface area (TPSA) is 109 Å². The number of nitrogens with two attached hydrogens (primary N) is 2. The number of fused-ring (bicyclic) bond motifs is 3. The third-order valence-corrected chi connectivity index (χ3v) is 7.89. The van der Waals surface area contributed by atoms with Crippen molar-refractivity contribution in [3.05, 3.63) is 88.6 Å². The van der Waals surface area contributed by atoms with Crippen LogP contribution in [0.3, 0.4) is 0 Å². The summed E-state index contributed by atoms with van der Waals surface area (Å²) in [5, 5.41) is 2.80. The first-order valence-corrected chi connectivity index (χ1v) is 13.0. The van der Waals surface area contributed by atoms with Gasteiger partial charge in [-0.25, -0.2) is 9.18 Å². The number of amides is 1. The summed E-state index contributed by atoms with van der Waals surface area (Å²) < 4.78 is 32.2. The van der Waals surface area contributed by atoms with Crippen molar-refractivity contribution in [2.75, 3.05) is 24.6 Å². The number of anilines is 2. The second-order valence-corrected chi connectivity index (χ2v) is 11.0. The predicted molar refractivity (Wildman–Crippen MR) is 152 cm³/mol. The zero-order chi connectivity index (χ0) is 27.9. The summed E-state index contributed by atoms with van der Waals surface area (Å²) in [6.45, 7) is 7.93. The number of benzene rings is 3.